The van der Waals surface area contributed by atoms with Crippen molar-refractivity contribution in [2.75, 3.05) is 11.9 Å². The van der Waals surface area contributed by atoms with Crippen LogP contribution in [0.1, 0.15) is 11.1 Å². The molecule has 7 heteroatoms. The van der Waals surface area contributed by atoms with Gasteiger partial charge in [0.2, 0.25) is 0 Å². The molecule has 3 aromatic rings. The first-order valence-electron chi connectivity index (χ1n) is 9.75. The van der Waals surface area contributed by atoms with E-state index in [4.69, 9.17) is 39.1 Å². The summed E-state index contributed by atoms with van der Waals surface area (Å²) in [5.41, 5.74) is 1.80. The number of nitrogens with zero attached hydrogens (tertiary/aromatic N) is 1. The molecule has 0 saturated carbocycles. The number of rotatable bonds is 8. The Labute approximate surface area is 202 Å². The van der Waals surface area contributed by atoms with Crippen molar-refractivity contribution in [2.45, 2.75) is 6.61 Å². The van der Waals surface area contributed by atoms with Gasteiger partial charge in [-0.3, -0.25) is 4.79 Å². The first kappa shape index (κ1) is 23.8. The fraction of sp³-hybridized carbons (Fsp3) is 0.0769. The zero-order valence-electron chi connectivity index (χ0n) is 17.3. The number of halogens is 2. The van der Waals surface area contributed by atoms with E-state index in [1.54, 1.807) is 66.7 Å². The Hall–Kier alpha value is -3.90. The zero-order chi connectivity index (χ0) is 23.6. The molecule has 0 atom stereocenters. The van der Waals surface area contributed by atoms with Gasteiger partial charge in [0.1, 0.15) is 36.4 Å². The van der Waals surface area contributed by atoms with Gasteiger partial charge in [0, 0.05) is 26.9 Å². The first-order chi connectivity index (χ1) is 16.0. The maximum Gasteiger partial charge on any atom is 0.266 e. The van der Waals surface area contributed by atoms with Crippen LogP contribution in [-0.4, -0.2) is 12.5 Å². The van der Waals surface area contributed by atoms with Crippen LogP contribution in [0.15, 0.2) is 72.3 Å². The molecule has 0 aliphatic heterocycles. The van der Waals surface area contributed by atoms with Gasteiger partial charge in [-0.25, -0.2) is 0 Å². The third kappa shape index (κ3) is 6.79. The molecule has 5 nitrogen and oxygen atoms in total. The molecule has 1 N–H and O–H groups in total. The Morgan fingerprint density at radius 1 is 1.06 bits per heavy atom. The van der Waals surface area contributed by atoms with Gasteiger partial charge in [-0.1, -0.05) is 53.4 Å². The zero-order valence-corrected chi connectivity index (χ0v) is 18.9. The van der Waals surface area contributed by atoms with Gasteiger partial charge in [0.25, 0.3) is 5.91 Å². The standard InChI is InChI=1S/C26H18Cl2N2O3/c1-2-13-32-25-6-4-3-5-18(25)14-20(16-29)26(31)30-22-9-11-23(12-10-22)33-17-19-7-8-21(27)15-24(19)28/h1,3-12,14-15H,13,17H2,(H,30,31)/b20-14+. The molecule has 164 valence electrons. The van der Waals surface area contributed by atoms with E-state index in [1.165, 1.54) is 6.08 Å². The predicted octanol–water partition coefficient (Wildman–Crippen LogP) is 6.13. The van der Waals surface area contributed by atoms with Crippen molar-refractivity contribution in [1.82, 2.24) is 0 Å². The molecule has 0 aliphatic carbocycles. The van der Waals surface area contributed by atoms with Gasteiger partial charge in [-0.15, -0.1) is 6.42 Å². The molecule has 0 aliphatic rings. The Morgan fingerprint density at radius 2 is 1.82 bits per heavy atom. The highest BCUT2D eigenvalue weighted by molar-refractivity contribution is 6.35. The summed E-state index contributed by atoms with van der Waals surface area (Å²) >= 11 is 12.1. The summed E-state index contributed by atoms with van der Waals surface area (Å²) in [6, 6.07) is 20.9. The fourth-order valence-electron chi connectivity index (χ4n) is 2.79. The molecule has 0 fully saturated rings. The molecular formula is C26H18Cl2N2O3. The lowest BCUT2D eigenvalue weighted by Gasteiger charge is -2.10. The number of hydrogen-bond acceptors (Lipinski definition) is 4. The van der Waals surface area contributed by atoms with Crippen LogP contribution >= 0.6 is 23.2 Å². The van der Waals surface area contributed by atoms with E-state index in [0.717, 1.165) is 5.56 Å². The fourth-order valence-corrected chi connectivity index (χ4v) is 3.25. The Bertz CT molecular complexity index is 1260. The van der Waals surface area contributed by atoms with Crippen LogP contribution in [0, 0.1) is 23.7 Å². The number of terminal acetylenes is 1. The van der Waals surface area contributed by atoms with Crippen LogP contribution in [0.3, 0.4) is 0 Å². The Balaban J connectivity index is 1.65. The number of anilines is 1. The lowest BCUT2D eigenvalue weighted by molar-refractivity contribution is -0.112. The average Bonchev–Trinajstić information content (AvgIpc) is 2.82. The molecule has 3 rings (SSSR count). The molecule has 0 unspecified atom stereocenters. The van der Waals surface area contributed by atoms with Crippen LogP contribution in [0.5, 0.6) is 11.5 Å². The largest absolute Gasteiger partial charge is 0.489 e. The average molecular weight is 477 g/mol. The van der Waals surface area contributed by atoms with Crippen LogP contribution in [-0.2, 0) is 11.4 Å². The van der Waals surface area contributed by atoms with E-state index in [1.807, 2.05) is 6.07 Å². The normalized spacial score (nSPS) is 10.6. The third-order valence-corrected chi connectivity index (χ3v) is 5.00. The van der Waals surface area contributed by atoms with Crippen LogP contribution in [0.4, 0.5) is 5.69 Å². The second kappa shape index (κ2) is 11.6. The summed E-state index contributed by atoms with van der Waals surface area (Å²) in [6.45, 7) is 0.349. The van der Waals surface area contributed by atoms with E-state index < -0.39 is 5.91 Å². The van der Waals surface area contributed by atoms with Crippen molar-refractivity contribution in [3.05, 3.63) is 93.5 Å². The molecule has 0 bridgehead atoms. The van der Waals surface area contributed by atoms with Crippen molar-refractivity contribution in [3.63, 3.8) is 0 Å². The van der Waals surface area contributed by atoms with Crippen molar-refractivity contribution >= 4 is 40.9 Å². The molecule has 0 radical (unpaired) electrons. The second-order valence-electron chi connectivity index (χ2n) is 6.70. The minimum absolute atomic E-state index is 0.0792. The van der Waals surface area contributed by atoms with Crippen LogP contribution in [0.25, 0.3) is 6.08 Å². The van der Waals surface area contributed by atoms with Crippen LogP contribution < -0.4 is 14.8 Å². The Kier molecular flexibility index (Phi) is 8.38. The highest BCUT2D eigenvalue weighted by Gasteiger charge is 2.12. The number of ether oxygens (including phenoxy) is 2. The van der Waals surface area contributed by atoms with Gasteiger partial charge >= 0.3 is 0 Å². The topological polar surface area (TPSA) is 71.3 Å². The van der Waals surface area contributed by atoms with Gasteiger partial charge in [-0.2, -0.15) is 5.26 Å². The third-order valence-electron chi connectivity index (χ3n) is 4.42. The number of para-hydroxylation sites is 1. The highest BCUT2D eigenvalue weighted by Crippen LogP contribution is 2.24. The number of carbonyl (C=O) groups excluding carboxylic acids is 1. The van der Waals surface area contributed by atoms with E-state index in [-0.39, 0.29) is 18.8 Å². The van der Waals surface area contributed by atoms with Crippen LogP contribution in [0.2, 0.25) is 10.0 Å². The van der Waals surface area contributed by atoms with E-state index in [9.17, 15) is 10.1 Å². The van der Waals surface area contributed by atoms with E-state index in [0.29, 0.717) is 32.8 Å². The molecular weight excluding hydrogens is 459 g/mol. The maximum absolute atomic E-state index is 12.6. The van der Waals surface area contributed by atoms with E-state index >= 15 is 0 Å². The summed E-state index contributed by atoms with van der Waals surface area (Å²) in [5, 5.41) is 13.2. The summed E-state index contributed by atoms with van der Waals surface area (Å²) in [7, 11) is 0. The first-order valence-corrected chi connectivity index (χ1v) is 10.5. The van der Waals surface area contributed by atoms with Crippen molar-refractivity contribution in [3.8, 4) is 29.9 Å². The molecule has 0 spiro atoms. The van der Waals surface area contributed by atoms with Crippen molar-refractivity contribution in [1.29, 1.82) is 5.26 Å². The smallest absolute Gasteiger partial charge is 0.266 e. The maximum atomic E-state index is 12.6. The lowest BCUT2D eigenvalue weighted by atomic mass is 10.1. The molecule has 3 aromatic carbocycles. The van der Waals surface area contributed by atoms with Gasteiger partial charge < -0.3 is 14.8 Å². The molecule has 33 heavy (non-hydrogen) atoms. The second-order valence-corrected chi connectivity index (χ2v) is 7.55. The van der Waals surface area contributed by atoms with Gasteiger partial charge in [-0.05, 0) is 48.5 Å². The number of carbonyl (C=O) groups is 1. The number of nitrogens with one attached hydrogen (secondary N) is 1. The number of amides is 1. The summed E-state index contributed by atoms with van der Waals surface area (Å²) in [5.74, 6) is 2.91. The van der Waals surface area contributed by atoms with Crippen molar-refractivity contribution in [2.24, 2.45) is 0 Å². The Morgan fingerprint density at radius 3 is 2.52 bits per heavy atom. The molecule has 0 saturated heterocycles. The summed E-state index contributed by atoms with van der Waals surface area (Å²) in [4.78, 5) is 12.6. The number of nitriles is 1. The molecule has 0 heterocycles. The minimum Gasteiger partial charge on any atom is -0.489 e. The number of hydrogen-bond donors (Lipinski definition) is 1. The quantitative estimate of drug-likeness (QED) is 0.241. The predicted molar refractivity (Wildman–Crippen MR) is 130 cm³/mol. The SMILES string of the molecule is C#CCOc1ccccc1/C=C(\C#N)C(=O)Nc1ccc(OCc2ccc(Cl)cc2Cl)cc1. The summed E-state index contributed by atoms with van der Waals surface area (Å²) in [6.07, 6.45) is 6.69. The monoisotopic (exact) mass is 476 g/mol. The van der Waals surface area contributed by atoms with Crippen molar-refractivity contribution < 1.29 is 14.3 Å². The number of benzene rings is 3. The summed E-state index contributed by atoms with van der Waals surface area (Å²) < 4.78 is 11.2. The van der Waals surface area contributed by atoms with Gasteiger partial charge in [0.15, 0.2) is 0 Å². The highest BCUT2D eigenvalue weighted by atomic mass is 35.5. The molecule has 1 amide bonds. The van der Waals surface area contributed by atoms with E-state index in [2.05, 4.69) is 11.2 Å². The van der Waals surface area contributed by atoms with Gasteiger partial charge in [0.05, 0.1) is 0 Å². The lowest BCUT2D eigenvalue weighted by Crippen LogP contribution is -2.13. The minimum atomic E-state index is -0.550. The molecule has 0 aromatic heterocycles.